The van der Waals surface area contributed by atoms with Gasteiger partial charge in [-0.05, 0) is 35.2 Å². The number of nitrogens with one attached hydrogen (secondary N) is 1. The molecule has 0 unspecified atom stereocenters. The van der Waals surface area contributed by atoms with Gasteiger partial charge >= 0.3 is 0 Å². The molecule has 5 heteroatoms. The van der Waals surface area contributed by atoms with Gasteiger partial charge in [0.15, 0.2) is 5.65 Å². The zero-order valence-corrected chi connectivity index (χ0v) is 13.2. The molecule has 3 aromatic rings. The Bertz CT molecular complexity index is 792. The third kappa shape index (κ3) is 3.74. The van der Waals surface area contributed by atoms with Gasteiger partial charge in [-0.15, -0.1) is 0 Å². The number of amides is 1. The molecule has 0 radical (unpaired) electrons. The quantitative estimate of drug-likeness (QED) is 0.712. The lowest BCUT2D eigenvalue weighted by molar-refractivity contribution is -0.120. The third-order valence-electron chi connectivity index (χ3n) is 3.79. The monoisotopic (exact) mass is 308 g/mol. The molecule has 23 heavy (non-hydrogen) atoms. The van der Waals surface area contributed by atoms with E-state index in [4.69, 9.17) is 0 Å². The van der Waals surface area contributed by atoms with Gasteiger partial charge in [-0.2, -0.15) is 5.10 Å². The molecule has 1 amide bonds. The van der Waals surface area contributed by atoms with E-state index in [1.807, 2.05) is 42.6 Å². The molecule has 0 aliphatic carbocycles. The average Bonchev–Trinajstić information content (AvgIpc) is 3.03. The van der Waals surface area contributed by atoms with Gasteiger partial charge in [0.05, 0.1) is 6.42 Å². The number of nitrogens with zero attached hydrogens (tertiary/aromatic N) is 3. The van der Waals surface area contributed by atoms with Crippen molar-refractivity contribution in [1.29, 1.82) is 0 Å². The summed E-state index contributed by atoms with van der Waals surface area (Å²) in [6.07, 6.45) is 5.97. The number of carbonyl (C=O) groups excluding carboxylic acids is 1. The standard InChI is InChI=1S/C18H20N4O/c1-2-3-9-19-18(23)11-14-4-6-15(7-5-14)16-8-10-22-17(12-16)20-13-21-22/h4-8,10,12-13H,2-3,9,11H2,1H3,(H,19,23). The van der Waals surface area contributed by atoms with Crippen LogP contribution < -0.4 is 5.32 Å². The summed E-state index contributed by atoms with van der Waals surface area (Å²) >= 11 is 0. The van der Waals surface area contributed by atoms with Crippen LogP contribution >= 0.6 is 0 Å². The van der Waals surface area contributed by atoms with Crippen molar-refractivity contribution < 1.29 is 4.79 Å². The summed E-state index contributed by atoms with van der Waals surface area (Å²) in [5.74, 6) is 0.0797. The van der Waals surface area contributed by atoms with Crippen LogP contribution in [0.1, 0.15) is 25.3 Å². The van der Waals surface area contributed by atoms with Gasteiger partial charge in [-0.1, -0.05) is 37.6 Å². The van der Waals surface area contributed by atoms with Gasteiger partial charge in [0, 0.05) is 12.7 Å². The van der Waals surface area contributed by atoms with Crippen molar-refractivity contribution in [2.45, 2.75) is 26.2 Å². The fraction of sp³-hybridized carbons (Fsp3) is 0.278. The Morgan fingerprint density at radius 2 is 2.00 bits per heavy atom. The largest absolute Gasteiger partial charge is 0.356 e. The number of rotatable bonds is 6. The van der Waals surface area contributed by atoms with Crippen LogP contribution in [-0.4, -0.2) is 27.0 Å². The first-order chi connectivity index (χ1) is 11.3. The van der Waals surface area contributed by atoms with Crippen LogP contribution in [0.4, 0.5) is 0 Å². The van der Waals surface area contributed by atoms with Crippen LogP contribution in [0.3, 0.4) is 0 Å². The highest BCUT2D eigenvalue weighted by atomic mass is 16.1. The van der Waals surface area contributed by atoms with Gasteiger partial charge in [-0.3, -0.25) is 4.79 Å². The normalized spacial score (nSPS) is 10.8. The van der Waals surface area contributed by atoms with E-state index in [1.54, 1.807) is 10.8 Å². The van der Waals surface area contributed by atoms with Crippen molar-refractivity contribution in [3.8, 4) is 11.1 Å². The van der Waals surface area contributed by atoms with E-state index in [2.05, 4.69) is 22.3 Å². The van der Waals surface area contributed by atoms with Gasteiger partial charge in [0.1, 0.15) is 6.33 Å². The maximum absolute atomic E-state index is 11.8. The lowest BCUT2D eigenvalue weighted by Crippen LogP contribution is -2.25. The van der Waals surface area contributed by atoms with Crippen LogP contribution in [0, 0.1) is 0 Å². The molecule has 3 rings (SSSR count). The van der Waals surface area contributed by atoms with Crippen LogP contribution in [0.25, 0.3) is 16.8 Å². The highest BCUT2D eigenvalue weighted by Gasteiger charge is 2.05. The molecule has 5 nitrogen and oxygen atoms in total. The van der Waals surface area contributed by atoms with Crippen molar-refractivity contribution in [2.24, 2.45) is 0 Å². The van der Waals surface area contributed by atoms with Gasteiger partial charge in [-0.25, -0.2) is 9.50 Å². The molecule has 0 atom stereocenters. The van der Waals surface area contributed by atoms with Crippen molar-refractivity contribution in [2.75, 3.05) is 6.54 Å². The molecule has 118 valence electrons. The summed E-state index contributed by atoms with van der Waals surface area (Å²) in [4.78, 5) is 16.0. The summed E-state index contributed by atoms with van der Waals surface area (Å²) in [5.41, 5.74) is 4.03. The number of unbranched alkanes of at least 4 members (excludes halogenated alkanes) is 1. The smallest absolute Gasteiger partial charge is 0.224 e. The molecule has 0 spiro atoms. The predicted molar refractivity (Wildman–Crippen MR) is 90.0 cm³/mol. The van der Waals surface area contributed by atoms with Gasteiger partial charge in [0.2, 0.25) is 5.91 Å². The van der Waals surface area contributed by atoms with E-state index in [0.717, 1.165) is 41.7 Å². The predicted octanol–water partition coefficient (Wildman–Crippen LogP) is 2.86. The van der Waals surface area contributed by atoms with Crippen molar-refractivity contribution in [1.82, 2.24) is 19.9 Å². The maximum Gasteiger partial charge on any atom is 0.224 e. The van der Waals surface area contributed by atoms with Gasteiger partial charge in [0.25, 0.3) is 0 Å². The second kappa shape index (κ2) is 7.05. The summed E-state index contributed by atoms with van der Waals surface area (Å²) < 4.78 is 1.73. The minimum atomic E-state index is 0.0797. The van der Waals surface area contributed by atoms with Gasteiger partial charge < -0.3 is 5.32 Å². The summed E-state index contributed by atoms with van der Waals surface area (Å²) in [6.45, 7) is 2.87. The second-order valence-corrected chi connectivity index (χ2v) is 5.56. The Hall–Kier alpha value is -2.69. The number of carbonyl (C=O) groups is 1. The van der Waals surface area contributed by atoms with Crippen LogP contribution in [0.15, 0.2) is 48.9 Å². The molecule has 0 bridgehead atoms. The molecule has 0 saturated heterocycles. The number of pyridine rings is 1. The van der Waals surface area contributed by atoms with E-state index in [1.165, 1.54) is 0 Å². The molecule has 2 aromatic heterocycles. The third-order valence-corrected chi connectivity index (χ3v) is 3.79. The number of hydrogen-bond acceptors (Lipinski definition) is 3. The summed E-state index contributed by atoms with van der Waals surface area (Å²) in [7, 11) is 0. The Kier molecular flexibility index (Phi) is 4.66. The van der Waals surface area contributed by atoms with E-state index < -0.39 is 0 Å². The Balaban J connectivity index is 1.67. The lowest BCUT2D eigenvalue weighted by Gasteiger charge is -2.06. The second-order valence-electron chi connectivity index (χ2n) is 5.56. The molecule has 2 heterocycles. The van der Waals surface area contributed by atoms with Crippen molar-refractivity contribution >= 4 is 11.6 Å². The first-order valence-corrected chi connectivity index (χ1v) is 7.91. The molecule has 1 N–H and O–H groups in total. The molecule has 0 aliphatic rings. The lowest BCUT2D eigenvalue weighted by atomic mass is 10.0. The van der Waals surface area contributed by atoms with E-state index in [0.29, 0.717) is 6.42 Å². The van der Waals surface area contributed by atoms with E-state index in [9.17, 15) is 4.79 Å². The van der Waals surface area contributed by atoms with Crippen LogP contribution in [0.5, 0.6) is 0 Å². The Labute approximate surface area is 135 Å². The fourth-order valence-corrected chi connectivity index (χ4v) is 2.46. The minimum Gasteiger partial charge on any atom is -0.356 e. The Morgan fingerprint density at radius 3 is 2.78 bits per heavy atom. The SMILES string of the molecule is CCCCNC(=O)Cc1ccc(-c2ccn3ncnc3c2)cc1. The first-order valence-electron chi connectivity index (χ1n) is 7.91. The Morgan fingerprint density at radius 1 is 1.17 bits per heavy atom. The van der Waals surface area contributed by atoms with Crippen molar-refractivity contribution in [3.05, 3.63) is 54.5 Å². The summed E-state index contributed by atoms with van der Waals surface area (Å²) in [6, 6.07) is 12.1. The number of fused-ring (bicyclic) bond motifs is 1. The van der Waals surface area contributed by atoms with Crippen LogP contribution in [-0.2, 0) is 11.2 Å². The van der Waals surface area contributed by atoms with E-state index >= 15 is 0 Å². The molecule has 0 fully saturated rings. The van der Waals surface area contributed by atoms with Crippen molar-refractivity contribution in [3.63, 3.8) is 0 Å². The zero-order valence-electron chi connectivity index (χ0n) is 13.2. The number of aromatic nitrogens is 3. The molecular formula is C18H20N4O. The molecule has 0 saturated carbocycles. The highest BCUT2D eigenvalue weighted by molar-refractivity contribution is 5.79. The topological polar surface area (TPSA) is 59.3 Å². The molecule has 0 aliphatic heterocycles. The number of benzene rings is 1. The zero-order chi connectivity index (χ0) is 16.1. The first kappa shape index (κ1) is 15.2. The highest BCUT2D eigenvalue weighted by Crippen LogP contribution is 2.20. The minimum absolute atomic E-state index is 0.0797. The van der Waals surface area contributed by atoms with E-state index in [-0.39, 0.29) is 5.91 Å². The number of hydrogen-bond donors (Lipinski definition) is 1. The maximum atomic E-state index is 11.8. The average molecular weight is 308 g/mol. The summed E-state index contributed by atoms with van der Waals surface area (Å²) in [5, 5.41) is 7.03. The van der Waals surface area contributed by atoms with Crippen LogP contribution in [0.2, 0.25) is 0 Å². The fourth-order valence-electron chi connectivity index (χ4n) is 2.46. The molecular weight excluding hydrogens is 288 g/mol. The molecule has 1 aromatic carbocycles.